The lowest BCUT2D eigenvalue weighted by Crippen LogP contribution is -2.33. The summed E-state index contributed by atoms with van der Waals surface area (Å²) in [4.78, 5) is 5.27. The molecule has 0 amide bonds. The van der Waals surface area contributed by atoms with Gasteiger partial charge in [-0.2, -0.15) is 0 Å². The molecule has 0 aliphatic carbocycles. The molecule has 0 radical (unpaired) electrons. The van der Waals surface area contributed by atoms with Crippen LogP contribution in [0.3, 0.4) is 0 Å². The average Bonchev–Trinajstić information content (AvgIpc) is 3.10. The topological polar surface area (TPSA) is 6.25 Å². The van der Waals surface area contributed by atoms with Gasteiger partial charge in [0, 0.05) is 6.04 Å². The van der Waals surface area contributed by atoms with Gasteiger partial charge in [0.1, 0.15) is 0 Å². The van der Waals surface area contributed by atoms with E-state index in [2.05, 4.69) is 70.9 Å². The lowest BCUT2D eigenvalue weighted by atomic mass is 9.98. The third kappa shape index (κ3) is 3.53. The van der Waals surface area contributed by atoms with E-state index in [4.69, 9.17) is 0 Å². The summed E-state index contributed by atoms with van der Waals surface area (Å²) in [6, 6.07) is 1.20. The molecule has 4 atom stereocenters. The molecular weight excluding hydrogens is 244 g/mol. The minimum atomic E-state index is 0.574. The Morgan fingerprint density at radius 1 is 1.15 bits per heavy atom. The van der Waals surface area contributed by atoms with Crippen molar-refractivity contribution in [1.29, 1.82) is 0 Å². The maximum atomic E-state index is 3.90. The summed E-state index contributed by atoms with van der Waals surface area (Å²) in [6.07, 6.45) is 4.76. The fraction of sp³-hybridized carbons (Fsp3) is 0.778. The first-order chi connectivity index (χ1) is 9.40. The van der Waals surface area contributed by atoms with Crippen molar-refractivity contribution in [2.45, 2.75) is 66.7 Å². The molecular formula is C18H34N2. The summed E-state index contributed by atoms with van der Waals surface area (Å²) in [6.45, 7) is 22.3. The molecule has 2 unspecified atom stereocenters. The summed E-state index contributed by atoms with van der Waals surface area (Å²) >= 11 is 0. The second kappa shape index (κ2) is 7.42. The van der Waals surface area contributed by atoms with Crippen molar-refractivity contribution in [3.05, 3.63) is 24.3 Å². The molecule has 0 aromatic carbocycles. The van der Waals surface area contributed by atoms with E-state index in [9.17, 15) is 0 Å². The van der Waals surface area contributed by atoms with Crippen molar-refractivity contribution >= 4 is 0 Å². The number of nitrogens with zero attached hydrogens (tertiary/aromatic N) is 2. The second-order valence-electron chi connectivity index (χ2n) is 6.57. The molecule has 0 bridgehead atoms. The summed E-state index contributed by atoms with van der Waals surface area (Å²) in [7, 11) is 0. The van der Waals surface area contributed by atoms with Gasteiger partial charge in [-0.3, -0.25) is 9.80 Å². The van der Waals surface area contributed by atoms with Crippen molar-refractivity contribution in [2.75, 3.05) is 13.1 Å². The summed E-state index contributed by atoms with van der Waals surface area (Å²) < 4.78 is 0. The van der Waals surface area contributed by atoms with Gasteiger partial charge < -0.3 is 0 Å². The standard InChI is InChI=1S/C18H34N2/c1-9-12-16(14(6)7)17-18(19(10-2)11-3)20(17)15(8)13(4)5/h9,12-15,17-18H,1,10-11H2,2-8H3/b16-12-/t15-,17+,18?,20?/m1/s1. The molecule has 1 rings (SSSR count). The molecule has 1 saturated heterocycles. The third-order valence-electron chi connectivity index (χ3n) is 4.76. The largest absolute Gasteiger partial charge is 0.287 e. The first-order valence-corrected chi connectivity index (χ1v) is 8.24. The zero-order chi connectivity index (χ0) is 15.4. The molecule has 1 fully saturated rings. The Kier molecular flexibility index (Phi) is 6.47. The highest BCUT2D eigenvalue weighted by Gasteiger charge is 2.54. The number of allylic oxidation sites excluding steroid dienone is 2. The van der Waals surface area contributed by atoms with Crippen LogP contribution in [-0.4, -0.2) is 41.1 Å². The van der Waals surface area contributed by atoms with E-state index in [0.717, 1.165) is 13.1 Å². The minimum absolute atomic E-state index is 0.574. The second-order valence-corrected chi connectivity index (χ2v) is 6.57. The highest BCUT2D eigenvalue weighted by molar-refractivity contribution is 5.29. The predicted molar refractivity (Wildman–Crippen MR) is 89.8 cm³/mol. The Balaban J connectivity index is 3.01. The van der Waals surface area contributed by atoms with E-state index < -0.39 is 0 Å². The van der Waals surface area contributed by atoms with Gasteiger partial charge >= 0.3 is 0 Å². The van der Waals surface area contributed by atoms with Crippen LogP contribution in [0.25, 0.3) is 0 Å². The van der Waals surface area contributed by atoms with Gasteiger partial charge in [0.05, 0.1) is 12.2 Å². The highest BCUT2D eigenvalue weighted by atomic mass is 15.5. The van der Waals surface area contributed by atoms with E-state index in [-0.39, 0.29) is 0 Å². The summed E-state index contributed by atoms with van der Waals surface area (Å²) in [5, 5.41) is 0. The van der Waals surface area contributed by atoms with Crippen molar-refractivity contribution in [1.82, 2.24) is 9.80 Å². The Morgan fingerprint density at radius 3 is 2.05 bits per heavy atom. The Morgan fingerprint density at radius 2 is 1.70 bits per heavy atom. The maximum absolute atomic E-state index is 3.90. The van der Waals surface area contributed by atoms with E-state index in [0.29, 0.717) is 30.1 Å². The van der Waals surface area contributed by atoms with Gasteiger partial charge in [-0.25, -0.2) is 0 Å². The molecule has 1 aliphatic heterocycles. The van der Waals surface area contributed by atoms with Gasteiger partial charge in [-0.15, -0.1) is 0 Å². The molecule has 0 aromatic rings. The zero-order valence-corrected chi connectivity index (χ0v) is 14.6. The van der Waals surface area contributed by atoms with Crippen LogP contribution in [-0.2, 0) is 0 Å². The quantitative estimate of drug-likeness (QED) is 0.486. The Bertz CT molecular complexity index is 331. The van der Waals surface area contributed by atoms with Crippen molar-refractivity contribution in [2.24, 2.45) is 11.8 Å². The molecule has 2 heteroatoms. The van der Waals surface area contributed by atoms with Crippen molar-refractivity contribution < 1.29 is 0 Å². The SMILES string of the molecule is C=C/C=C(/C(C)C)[C@H]1C(N(CC)CC)N1[C@H](C)C(C)C. The monoisotopic (exact) mass is 278 g/mol. The van der Waals surface area contributed by atoms with Crippen LogP contribution in [0.1, 0.15) is 48.5 Å². The first kappa shape index (κ1) is 17.5. The van der Waals surface area contributed by atoms with E-state index in [1.165, 1.54) is 5.57 Å². The Labute approximate surface area is 126 Å². The molecule has 0 N–H and O–H groups in total. The molecule has 0 spiro atoms. The van der Waals surface area contributed by atoms with Crippen LogP contribution in [0.5, 0.6) is 0 Å². The minimum Gasteiger partial charge on any atom is -0.287 e. The van der Waals surface area contributed by atoms with Crippen LogP contribution in [0.4, 0.5) is 0 Å². The van der Waals surface area contributed by atoms with Crippen LogP contribution in [0.2, 0.25) is 0 Å². The first-order valence-electron chi connectivity index (χ1n) is 8.24. The van der Waals surface area contributed by atoms with Crippen LogP contribution in [0.15, 0.2) is 24.3 Å². The zero-order valence-electron chi connectivity index (χ0n) is 14.6. The van der Waals surface area contributed by atoms with Gasteiger partial charge in [-0.1, -0.05) is 60.3 Å². The fourth-order valence-corrected chi connectivity index (χ4v) is 3.17. The van der Waals surface area contributed by atoms with Gasteiger partial charge in [0.25, 0.3) is 0 Å². The molecule has 0 aromatic heterocycles. The van der Waals surface area contributed by atoms with Crippen molar-refractivity contribution in [3.8, 4) is 0 Å². The lowest BCUT2D eigenvalue weighted by Gasteiger charge is -2.23. The van der Waals surface area contributed by atoms with Gasteiger partial charge in [-0.05, 0) is 37.4 Å². The van der Waals surface area contributed by atoms with Crippen molar-refractivity contribution in [3.63, 3.8) is 0 Å². The predicted octanol–water partition coefficient (Wildman–Crippen LogP) is 4.15. The fourth-order valence-electron chi connectivity index (χ4n) is 3.17. The van der Waals surface area contributed by atoms with Gasteiger partial charge in [0.15, 0.2) is 0 Å². The smallest absolute Gasteiger partial charge is 0.0831 e. The number of likely N-dealkylation sites (N-methyl/N-ethyl adjacent to an activating group) is 1. The molecule has 2 nitrogen and oxygen atoms in total. The molecule has 1 heterocycles. The molecule has 116 valence electrons. The summed E-state index contributed by atoms with van der Waals surface area (Å²) in [5.41, 5.74) is 1.53. The highest BCUT2D eigenvalue weighted by Crippen LogP contribution is 2.42. The normalized spacial score (nSPS) is 28.3. The molecule has 0 saturated carbocycles. The maximum Gasteiger partial charge on any atom is 0.0831 e. The van der Waals surface area contributed by atoms with Crippen LogP contribution < -0.4 is 0 Å². The third-order valence-corrected chi connectivity index (χ3v) is 4.76. The lowest BCUT2D eigenvalue weighted by molar-refractivity contribution is 0.198. The van der Waals surface area contributed by atoms with Gasteiger partial charge in [0.2, 0.25) is 0 Å². The van der Waals surface area contributed by atoms with Crippen LogP contribution in [0, 0.1) is 11.8 Å². The number of rotatable bonds is 8. The number of hydrogen-bond donors (Lipinski definition) is 0. The van der Waals surface area contributed by atoms with Crippen LogP contribution >= 0.6 is 0 Å². The average molecular weight is 278 g/mol. The molecule has 20 heavy (non-hydrogen) atoms. The Hall–Kier alpha value is -0.600. The van der Waals surface area contributed by atoms with E-state index >= 15 is 0 Å². The van der Waals surface area contributed by atoms with E-state index in [1.807, 2.05) is 6.08 Å². The van der Waals surface area contributed by atoms with E-state index in [1.54, 1.807) is 0 Å². The summed E-state index contributed by atoms with van der Waals surface area (Å²) in [5.74, 6) is 1.27. The molecule has 1 aliphatic rings. The number of hydrogen-bond acceptors (Lipinski definition) is 2.